The summed E-state index contributed by atoms with van der Waals surface area (Å²) in [6.45, 7) is 2.33. The Morgan fingerprint density at radius 1 is 1.19 bits per heavy atom. The molecular weight excluding hydrogens is 333 g/mol. The molecule has 1 N–H and O–H groups in total. The van der Waals surface area contributed by atoms with Gasteiger partial charge in [0.05, 0.1) is 11.6 Å². The van der Waals surface area contributed by atoms with E-state index in [4.69, 9.17) is 32.4 Å². The molecule has 6 heteroatoms. The van der Waals surface area contributed by atoms with Crippen LogP contribution in [0.2, 0.25) is 10.0 Å². The van der Waals surface area contributed by atoms with Gasteiger partial charge in [-0.1, -0.05) is 23.2 Å². The third-order valence-electron chi connectivity index (χ3n) is 2.86. The average molecular weight is 351 g/mol. The molecule has 1 heterocycles. The van der Waals surface area contributed by atoms with Crippen LogP contribution < -0.4 is 5.32 Å². The summed E-state index contributed by atoms with van der Waals surface area (Å²) >= 11 is 12.1. The van der Waals surface area contributed by atoms with Gasteiger partial charge in [-0.05, 0) is 43.3 Å². The maximum atomic E-state index is 6.15. The molecule has 0 aliphatic rings. The Balaban J connectivity index is 0.00000220. The van der Waals surface area contributed by atoms with E-state index < -0.39 is 0 Å². The van der Waals surface area contributed by atoms with Gasteiger partial charge in [0.25, 0.3) is 0 Å². The van der Waals surface area contributed by atoms with Gasteiger partial charge in [0.15, 0.2) is 0 Å². The Kier molecular flexibility index (Phi) is 8.15. The minimum atomic E-state index is 0. The fraction of sp³-hybridized carbons (Fsp3) is 0.333. The summed E-state index contributed by atoms with van der Waals surface area (Å²) in [6.07, 6.45) is 0.976. The summed E-state index contributed by atoms with van der Waals surface area (Å²) in [7, 11) is 1.70. The molecule has 21 heavy (non-hydrogen) atoms. The van der Waals surface area contributed by atoms with Gasteiger partial charge in [0.1, 0.15) is 11.5 Å². The normalized spacial score (nSPS) is 10.4. The van der Waals surface area contributed by atoms with E-state index in [1.54, 1.807) is 25.3 Å². The van der Waals surface area contributed by atoms with Gasteiger partial charge in [-0.25, -0.2) is 0 Å². The van der Waals surface area contributed by atoms with Crippen molar-refractivity contribution in [1.29, 1.82) is 0 Å². The number of hydrogen-bond acceptors (Lipinski definition) is 3. The molecule has 0 aliphatic heterocycles. The Labute approximate surface area is 141 Å². The second kappa shape index (κ2) is 9.34. The third-order valence-corrected chi connectivity index (χ3v) is 3.42. The van der Waals surface area contributed by atoms with Crippen molar-refractivity contribution >= 4 is 35.6 Å². The Morgan fingerprint density at radius 3 is 2.76 bits per heavy atom. The first kappa shape index (κ1) is 18.3. The fourth-order valence-electron chi connectivity index (χ4n) is 1.86. The predicted octanol–water partition coefficient (Wildman–Crippen LogP) is 4.80. The molecule has 0 radical (unpaired) electrons. The predicted molar refractivity (Wildman–Crippen MR) is 89.6 cm³/mol. The van der Waals surface area contributed by atoms with Crippen LogP contribution in [0.4, 0.5) is 0 Å². The lowest BCUT2D eigenvalue weighted by Gasteiger charge is -2.03. The molecule has 1 aromatic heterocycles. The number of halogens is 3. The largest absolute Gasteiger partial charge is 0.460 e. The number of rotatable bonds is 7. The summed E-state index contributed by atoms with van der Waals surface area (Å²) in [5.41, 5.74) is 0.810. The SMILES string of the molecule is COCCCNCc1ccc(-c2cc(Cl)ccc2Cl)o1.Cl. The van der Waals surface area contributed by atoms with Crippen molar-refractivity contribution < 1.29 is 9.15 Å². The zero-order valence-corrected chi connectivity index (χ0v) is 14.0. The highest BCUT2D eigenvalue weighted by Crippen LogP contribution is 2.31. The van der Waals surface area contributed by atoms with Crippen LogP contribution >= 0.6 is 35.6 Å². The van der Waals surface area contributed by atoms with Crippen molar-refractivity contribution in [2.75, 3.05) is 20.3 Å². The van der Waals surface area contributed by atoms with E-state index >= 15 is 0 Å². The van der Waals surface area contributed by atoms with Crippen LogP contribution in [0.25, 0.3) is 11.3 Å². The first-order chi connectivity index (χ1) is 9.70. The molecule has 3 nitrogen and oxygen atoms in total. The van der Waals surface area contributed by atoms with Crippen molar-refractivity contribution in [3.05, 3.63) is 46.1 Å². The molecule has 0 amide bonds. The number of furan rings is 1. The van der Waals surface area contributed by atoms with Crippen LogP contribution in [0, 0.1) is 0 Å². The molecule has 0 saturated carbocycles. The Morgan fingerprint density at radius 2 is 2.00 bits per heavy atom. The van der Waals surface area contributed by atoms with Gasteiger partial charge in [-0.3, -0.25) is 0 Å². The lowest BCUT2D eigenvalue weighted by Crippen LogP contribution is -2.15. The zero-order valence-electron chi connectivity index (χ0n) is 11.7. The first-order valence-corrected chi connectivity index (χ1v) is 7.20. The van der Waals surface area contributed by atoms with Crippen molar-refractivity contribution in [1.82, 2.24) is 5.32 Å². The van der Waals surface area contributed by atoms with Crippen molar-refractivity contribution in [3.8, 4) is 11.3 Å². The standard InChI is InChI=1S/C15H17Cl2NO2.ClH/c1-19-8-2-7-18-10-12-4-6-15(20-12)13-9-11(16)3-5-14(13)17;/h3-6,9,18H,2,7-8,10H2,1H3;1H. The molecule has 0 aliphatic carbocycles. The van der Waals surface area contributed by atoms with E-state index in [9.17, 15) is 0 Å². The van der Waals surface area contributed by atoms with E-state index in [-0.39, 0.29) is 12.4 Å². The molecule has 2 rings (SSSR count). The van der Waals surface area contributed by atoms with E-state index in [2.05, 4.69) is 5.32 Å². The molecule has 0 atom stereocenters. The molecule has 0 saturated heterocycles. The van der Waals surface area contributed by atoms with Crippen molar-refractivity contribution in [2.24, 2.45) is 0 Å². The summed E-state index contributed by atoms with van der Waals surface area (Å²) in [4.78, 5) is 0. The highest BCUT2D eigenvalue weighted by molar-refractivity contribution is 6.35. The number of ether oxygens (including phenoxy) is 1. The van der Waals surface area contributed by atoms with Gasteiger partial charge in [-0.15, -0.1) is 12.4 Å². The van der Waals surface area contributed by atoms with E-state index in [1.807, 2.05) is 12.1 Å². The van der Waals surface area contributed by atoms with Gasteiger partial charge < -0.3 is 14.5 Å². The smallest absolute Gasteiger partial charge is 0.135 e. The van der Waals surface area contributed by atoms with Crippen LogP contribution in [-0.2, 0) is 11.3 Å². The third kappa shape index (κ3) is 5.53. The van der Waals surface area contributed by atoms with Gasteiger partial charge in [0, 0.05) is 24.3 Å². The van der Waals surface area contributed by atoms with Gasteiger partial charge in [0.2, 0.25) is 0 Å². The average Bonchev–Trinajstić information content (AvgIpc) is 2.90. The molecule has 0 bridgehead atoms. The van der Waals surface area contributed by atoms with Crippen LogP contribution in [-0.4, -0.2) is 20.3 Å². The second-order valence-electron chi connectivity index (χ2n) is 4.41. The van der Waals surface area contributed by atoms with Crippen molar-refractivity contribution in [2.45, 2.75) is 13.0 Å². The van der Waals surface area contributed by atoms with E-state index in [0.29, 0.717) is 16.6 Å². The van der Waals surface area contributed by atoms with E-state index in [0.717, 1.165) is 36.7 Å². The van der Waals surface area contributed by atoms with Crippen LogP contribution in [0.1, 0.15) is 12.2 Å². The van der Waals surface area contributed by atoms with Gasteiger partial charge in [-0.2, -0.15) is 0 Å². The molecule has 0 spiro atoms. The highest BCUT2D eigenvalue weighted by Gasteiger charge is 2.09. The Bertz CT molecular complexity index is 558. The highest BCUT2D eigenvalue weighted by atomic mass is 35.5. The fourth-order valence-corrected chi connectivity index (χ4v) is 2.24. The Hall–Kier alpha value is -0.710. The zero-order chi connectivity index (χ0) is 14.4. The molecule has 116 valence electrons. The van der Waals surface area contributed by atoms with Gasteiger partial charge >= 0.3 is 0 Å². The maximum absolute atomic E-state index is 6.15. The molecular formula is C15H18Cl3NO2. The molecule has 0 unspecified atom stereocenters. The summed E-state index contributed by atoms with van der Waals surface area (Å²) < 4.78 is 10.8. The lowest BCUT2D eigenvalue weighted by atomic mass is 10.2. The minimum absolute atomic E-state index is 0. The summed E-state index contributed by atoms with van der Waals surface area (Å²) in [6, 6.07) is 9.18. The number of benzene rings is 1. The van der Waals surface area contributed by atoms with Crippen molar-refractivity contribution in [3.63, 3.8) is 0 Å². The number of hydrogen-bond donors (Lipinski definition) is 1. The lowest BCUT2D eigenvalue weighted by molar-refractivity contribution is 0.194. The summed E-state index contributed by atoms with van der Waals surface area (Å²) in [5, 5.41) is 4.56. The molecule has 2 aromatic rings. The van der Waals surface area contributed by atoms with E-state index in [1.165, 1.54) is 0 Å². The molecule has 1 aromatic carbocycles. The summed E-state index contributed by atoms with van der Waals surface area (Å²) in [5.74, 6) is 1.60. The second-order valence-corrected chi connectivity index (χ2v) is 5.26. The topological polar surface area (TPSA) is 34.4 Å². The minimum Gasteiger partial charge on any atom is -0.460 e. The quantitative estimate of drug-likeness (QED) is 0.728. The first-order valence-electron chi connectivity index (χ1n) is 6.44. The monoisotopic (exact) mass is 349 g/mol. The molecule has 0 fully saturated rings. The van der Waals surface area contributed by atoms with Crippen LogP contribution in [0.5, 0.6) is 0 Å². The van der Waals surface area contributed by atoms with Crippen LogP contribution in [0.15, 0.2) is 34.7 Å². The maximum Gasteiger partial charge on any atom is 0.135 e. The van der Waals surface area contributed by atoms with Crippen LogP contribution in [0.3, 0.4) is 0 Å². The number of methoxy groups -OCH3 is 1. The number of nitrogens with one attached hydrogen (secondary N) is 1.